The highest BCUT2D eigenvalue weighted by atomic mass is 79.9. The normalized spacial score (nSPS) is 11.5. The van der Waals surface area contributed by atoms with Crippen molar-refractivity contribution < 1.29 is 12.8 Å². The van der Waals surface area contributed by atoms with E-state index in [0.717, 1.165) is 18.2 Å². The molecular formula is C15H11BrClFN4O2S2. The average Bonchev–Trinajstić information content (AvgIpc) is 2.94. The van der Waals surface area contributed by atoms with Gasteiger partial charge in [-0.3, -0.25) is 4.72 Å². The maximum Gasteiger partial charge on any atom is 0.263 e. The van der Waals surface area contributed by atoms with Crippen LogP contribution in [0.4, 0.5) is 10.1 Å². The van der Waals surface area contributed by atoms with E-state index in [2.05, 4.69) is 30.8 Å². The van der Waals surface area contributed by atoms with Gasteiger partial charge in [-0.05, 0) is 48.2 Å². The summed E-state index contributed by atoms with van der Waals surface area (Å²) in [6.45, 7) is 0. The van der Waals surface area contributed by atoms with Crippen molar-refractivity contribution in [2.75, 3.05) is 4.72 Å². The smallest absolute Gasteiger partial charge is 0.263 e. The van der Waals surface area contributed by atoms with E-state index in [1.807, 2.05) is 0 Å². The summed E-state index contributed by atoms with van der Waals surface area (Å²) in [5.41, 5.74) is 0.327. The highest BCUT2D eigenvalue weighted by molar-refractivity contribution is 9.10. The van der Waals surface area contributed by atoms with Crippen LogP contribution in [0.25, 0.3) is 0 Å². The van der Waals surface area contributed by atoms with Gasteiger partial charge in [-0.1, -0.05) is 27.5 Å². The number of hydrogen-bond donors (Lipinski definition) is 1. The van der Waals surface area contributed by atoms with Crippen molar-refractivity contribution in [3.8, 4) is 0 Å². The van der Waals surface area contributed by atoms with Gasteiger partial charge in [-0.15, -0.1) is 10.2 Å². The molecule has 0 bridgehead atoms. The summed E-state index contributed by atoms with van der Waals surface area (Å²) < 4.78 is 43.5. The summed E-state index contributed by atoms with van der Waals surface area (Å²) in [6, 6.07) is 8.25. The lowest BCUT2D eigenvalue weighted by molar-refractivity contribution is 0.599. The van der Waals surface area contributed by atoms with Crippen molar-refractivity contribution in [3.63, 3.8) is 0 Å². The van der Waals surface area contributed by atoms with Gasteiger partial charge < -0.3 is 4.57 Å². The van der Waals surface area contributed by atoms with Crippen LogP contribution in [0, 0.1) is 5.82 Å². The fourth-order valence-electron chi connectivity index (χ4n) is 2.03. The van der Waals surface area contributed by atoms with Crippen molar-refractivity contribution in [1.82, 2.24) is 14.8 Å². The topological polar surface area (TPSA) is 76.9 Å². The molecule has 1 aromatic heterocycles. The molecule has 0 saturated carbocycles. The minimum absolute atomic E-state index is 0.199. The lowest BCUT2D eigenvalue weighted by atomic mass is 10.3. The number of rotatable bonds is 5. The maximum absolute atomic E-state index is 13.2. The van der Waals surface area contributed by atoms with Crippen LogP contribution in [0.2, 0.25) is 5.02 Å². The van der Waals surface area contributed by atoms with E-state index in [9.17, 15) is 12.8 Å². The molecular weight excluding hydrogens is 467 g/mol. The zero-order chi connectivity index (χ0) is 18.9. The Hall–Kier alpha value is -1.62. The molecule has 0 amide bonds. The van der Waals surface area contributed by atoms with Gasteiger partial charge in [0, 0.05) is 16.4 Å². The van der Waals surface area contributed by atoms with Gasteiger partial charge in [0.2, 0.25) is 0 Å². The van der Waals surface area contributed by atoms with Gasteiger partial charge in [0.05, 0.1) is 10.7 Å². The van der Waals surface area contributed by atoms with Gasteiger partial charge >= 0.3 is 0 Å². The van der Waals surface area contributed by atoms with E-state index >= 15 is 0 Å². The molecule has 0 fully saturated rings. The Labute approximate surface area is 167 Å². The summed E-state index contributed by atoms with van der Waals surface area (Å²) in [7, 11) is -2.23. The monoisotopic (exact) mass is 476 g/mol. The third-order valence-corrected chi connectivity index (χ3v) is 6.71. The molecule has 0 aliphatic carbocycles. The molecule has 0 unspecified atom stereocenters. The Morgan fingerprint density at radius 2 is 2.04 bits per heavy atom. The van der Waals surface area contributed by atoms with Crippen molar-refractivity contribution in [1.29, 1.82) is 0 Å². The van der Waals surface area contributed by atoms with Crippen LogP contribution in [-0.2, 0) is 17.1 Å². The second-order valence-corrected chi connectivity index (χ2v) is 9.13. The van der Waals surface area contributed by atoms with E-state index in [0.29, 0.717) is 20.2 Å². The Kier molecular flexibility index (Phi) is 5.56. The molecule has 0 aliphatic rings. The van der Waals surface area contributed by atoms with Crippen molar-refractivity contribution in [2.45, 2.75) is 14.9 Å². The lowest BCUT2D eigenvalue weighted by Crippen LogP contribution is -2.14. The first kappa shape index (κ1) is 19.2. The second-order valence-electron chi connectivity index (χ2n) is 5.15. The van der Waals surface area contributed by atoms with Gasteiger partial charge in [0.15, 0.2) is 5.16 Å². The van der Waals surface area contributed by atoms with Crippen LogP contribution in [0.3, 0.4) is 0 Å². The Bertz CT molecular complexity index is 1080. The number of nitrogens with one attached hydrogen (secondary N) is 1. The molecule has 0 aliphatic heterocycles. The summed E-state index contributed by atoms with van der Waals surface area (Å²) in [6.07, 6.45) is 1.54. The first-order valence-electron chi connectivity index (χ1n) is 7.05. The number of benzene rings is 2. The van der Waals surface area contributed by atoms with E-state index in [1.165, 1.54) is 11.8 Å². The van der Waals surface area contributed by atoms with Crippen molar-refractivity contribution in [3.05, 3.63) is 58.0 Å². The van der Waals surface area contributed by atoms with Crippen LogP contribution >= 0.6 is 39.3 Å². The quantitative estimate of drug-likeness (QED) is 0.592. The molecule has 26 heavy (non-hydrogen) atoms. The molecule has 1 N–H and O–H groups in total. The predicted octanol–water partition coefficient (Wildman–Crippen LogP) is 4.32. The van der Waals surface area contributed by atoms with Crippen LogP contribution in [-0.4, -0.2) is 23.2 Å². The molecule has 2 aromatic carbocycles. The number of anilines is 1. The van der Waals surface area contributed by atoms with E-state index in [4.69, 9.17) is 11.6 Å². The van der Waals surface area contributed by atoms with Gasteiger partial charge in [0.25, 0.3) is 10.0 Å². The van der Waals surface area contributed by atoms with Crippen LogP contribution < -0.4 is 4.72 Å². The molecule has 11 heteroatoms. The zero-order valence-corrected chi connectivity index (χ0v) is 17.1. The van der Waals surface area contributed by atoms with E-state index in [-0.39, 0.29) is 9.92 Å². The lowest BCUT2D eigenvalue weighted by Gasteiger charge is -2.13. The Balaban J connectivity index is 1.98. The fraction of sp³-hybridized carbons (Fsp3) is 0.0667. The number of hydrogen-bond acceptors (Lipinski definition) is 5. The molecule has 3 rings (SSSR count). The summed E-state index contributed by atoms with van der Waals surface area (Å²) in [5.74, 6) is -0.616. The molecule has 3 aromatic rings. The van der Waals surface area contributed by atoms with Crippen LogP contribution in [0.1, 0.15) is 0 Å². The highest BCUT2D eigenvalue weighted by Crippen LogP contribution is 2.35. The number of halogens is 3. The predicted molar refractivity (Wildman–Crippen MR) is 101 cm³/mol. The minimum Gasteiger partial charge on any atom is -0.311 e. The summed E-state index contributed by atoms with van der Waals surface area (Å²) >= 11 is 10.5. The molecule has 136 valence electrons. The molecule has 0 atom stereocenters. The third kappa shape index (κ3) is 4.20. The van der Waals surface area contributed by atoms with E-state index < -0.39 is 15.8 Å². The SMILES string of the molecule is Cn1cnnc1Sc1ccc(Br)cc1NS(=O)(=O)c1ccc(F)cc1Cl. The van der Waals surface area contributed by atoms with Crippen molar-refractivity contribution >= 4 is 55.0 Å². The van der Waals surface area contributed by atoms with E-state index in [1.54, 1.807) is 36.1 Å². The largest absolute Gasteiger partial charge is 0.311 e. The highest BCUT2D eigenvalue weighted by Gasteiger charge is 2.21. The first-order valence-corrected chi connectivity index (χ1v) is 10.5. The first-order chi connectivity index (χ1) is 12.3. The van der Waals surface area contributed by atoms with Crippen LogP contribution in [0.5, 0.6) is 0 Å². The molecule has 0 radical (unpaired) electrons. The summed E-state index contributed by atoms with van der Waals surface area (Å²) in [5, 5.41) is 8.17. The Morgan fingerprint density at radius 3 is 2.69 bits per heavy atom. The minimum atomic E-state index is -4.01. The summed E-state index contributed by atoms with van der Waals surface area (Å²) in [4.78, 5) is 0.404. The third-order valence-electron chi connectivity index (χ3n) is 3.24. The molecule has 0 spiro atoms. The second kappa shape index (κ2) is 7.55. The maximum atomic E-state index is 13.2. The van der Waals surface area contributed by atoms with Crippen molar-refractivity contribution in [2.24, 2.45) is 7.05 Å². The van der Waals surface area contributed by atoms with Gasteiger partial charge in [-0.2, -0.15) is 0 Å². The zero-order valence-electron chi connectivity index (χ0n) is 13.1. The molecule has 6 nitrogen and oxygen atoms in total. The number of sulfonamides is 1. The molecule has 1 heterocycles. The Morgan fingerprint density at radius 1 is 1.27 bits per heavy atom. The standard InChI is InChI=1S/C15H11BrClFN4O2S2/c1-22-8-19-20-15(22)25-13-4-2-9(16)6-12(13)21-26(23,24)14-5-3-10(18)7-11(14)17/h2-8,21H,1H3. The fourth-order valence-corrected chi connectivity index (χ4v) is 4.89. The van der Waals surface area contributed by atoms with Gasteiger partial charge in [-0.25, -0.2) is 12.8 Å². The number of aromatic nitrogens is 3. The average molecular weight is 478 g/mol. The number of aryl methyl sites for hydroxylation is 1. The van der Waals surface area contributed by atoms with Crippen LogP contribution in [0.15, 0.2) is 62.1 Å². The van der Waals surface area contributed by atoms with Gasteiger partial charge in [0.1, 0.15) is 17.0 Å². The molecule has 0 saturated heterocycles. The number of nitrogens with zero attached hydrogens (tertiary/aromatic N) is 3.